The minimum absolute atomic E-state index is 0.0418. The minimum atomic E-state index is -0.387. The standard InChI is InChI=1S/C18H20BrFN2O/c1-21-10-5-7-16(21)17-6-3-2-4-11-22(17)18(23)14-12-13(20)8-9-15(14)19/h5,7-10,12,17H,2-4,6,11H2,1H3/t17-/m1/s1. The molecule has 1 aromatic carbocycles. The molecule has 1 fully saturated rings. The van der Waals surface area contributed by atoms with E-state index in [0.717, 1.165) is 31.4 Å². The van der Waals surface area contributed by atoms with Gasteiger partial charge < -0.3 is 9.47 Å². The third-order valence-corrected chi connectivity index (χ3v) is 5.19. The molecule has 1 aliphatic heterocycles. The van der Waals surface area contributed by atoms with Crippen molar-refractivity contribution >= 4 is 21.8 Å². The van der Waals surface area contributed by atoms with Crippen LogP contribution >= 0.6 is 15.9 Å². The summed E-state index contributed by atoms with van der Waals surface area (Å²) in [7, 11) is 2.00. The number of hydrogen-bond donors (Lipinski definition) is 0. The first-order valence-corrected chi connectivity index (χ1v) is 8.74. The average Bonchev–Trinajstić information content (AvgIpc) is 2.82. The van der Waals surface area contributed by atoms with Crippen LogP contribution in [0.4, 0.5) is 4.39 Å². The number of aryl methyl sites for hydroxylation is 1. The molecule has 1 aromatic heterocycles. The van der Waals surface area contributed by atoms with Gasteiger partial charge in [0.05, 0.1) is 11.6 Å². The number of benzene rings is 1. The maximum absolute atomic E-state index is 13.6. The fourth-order valence-electron chi connectivity index (χ4n) is 3.30. The number of rotatable bonds is 2. The van der Waals surface area contributed by atoms with E-state index < -0.39 is 0 Å². The van der Waals surface area contributed by atoms with E-state index in [2.05, 4.69) is 26.6 Å². The zero-order valence-corrected chi connectivity index (χ0v) is 14.7. The molecule has 0 spiro atoms. The van der Waals surface area contributed by atoms with Gasteiger partial charge in [-0.2, -0.15) is 0 Å². The third kappa shape index (κ3) is 3.34. The van der Waals surface area contributed by atoms with Crippen molar-refractivity contribution in [1.82, 2.24) is 9.47 Å². The predicted octanol–water partition coefficient (Wildman–Crippen LogP) is 4.68. The molecule has 0 radical (unpaired) electrons. The number of carbonyl (C=O) groups is 1. The first-order valence-electron chi connectivity index (χ1n) is 7.95. The van der Waals surface area contributed by atoms with Gasteiger partial charge in [0.2, 0.25) is 0 Å². The van der Waals surface area contributed by atoms with Gasteiger partial charge >= 0.3 is 0 Å². The van der Waals surface area contributed by atoms with Crippen molar-refractivity contribution in [3.05, 3.63) is 58.1 Å². The number of halogens is 2. The highest BCUT2D eigenvalue weighted by molar-refractivity contribution is 9.10. The Balaban J connectivity index is 1.98. The molecular weight excluding hydrogens is 359 g/mol. The van der Waals surface area contributed by atoms with Crippen LogP contribution in [0.15, 0.2) is 41.0 Å². The topological polar surface area (TPSA) is 25.2 Å². The van der Waals surface area contributed by atoms with Crippen molar-refractivity contribution in [3.8, 4) is 0 Å². The summed E-state index contributed by atoms with van der Waals surface area (Å²) in [5, 5.41) is 0. The lowest BCUT2D eigenvalue weighted by atomic mass is 10.1. The molecular formula is C18H20BrFN2O. The van der Waals surface area contributed by atoms with E-state index in [1.54, 1.807) is 6.07 Å². The van der Waals surface area contributed by atoms with Crippen LogP contribution < -0.4 is 0 Å². The van der Waals surface area contributed by atoms with Crippen LogP contribution in [0, 0.1) is 5.82 Å². The van der Waals surface area contributed by atoms with Gasteiger partial charge in [0.25, 0.3) is 5.91 Å². The van der Waals surface area contributed by atoms with Crippen molar-refractivity contribution in [2.75, 3.05) is 6.54 Å². The Hall–Kier alpha value is -1.62. The second-order valence-electron chi connectivity index (χ2n) is 6.03. The normalized spacial score (nSPS) is 18.7. The molecule has 5 heteroatoms. The molecule has 1 atom stereocenters. The monoisotopic (exact) mass is 378 g/mol. The molecule has 122 valence electrons. The highest BCUT2D eigenvalue weighted by Gasteiger charge is 2.29. The van der Waals surface area contributed by atoms with Crippen molar-refractivity contribution < 1.29 is 9.18 Å². The van der Waals surface area contributed by atoms with Crippen molar-refractivity contribution in [1.29, 1.82) is 0 Å². The minimum Gasteiger partial charge on any atom is -0.353 e. The summed E-state index contributed by atoms with van der Waals surface area (Å²) >= 11 is 3.38. The Labute approximate surface area is 144 Å². The van der Waals surface area contributed by atoms with Gasteiger partial charge in [-0.05, 0) is 59.1 Å². The summed E-state index contributed by atoms with van der Waals surface area (Å²) < 4.78 is 16.3. The first kappa shape index (κ1) is 16.2. The van der Waals surface area contributed by atoms with Crippen LogP contribution in [0.2, 0.25) is 0 Å². The lowest BCUT2D eigenvalue weighted by Gasteiger charge is -2.31. The van der Waals surface area contributed by atoms with Gasteiger partial charge in [-0.1, -0.05) is 12.8 Å². The number of amides is 1. The maximum atomic E-state index is 13.6. The summed E-state index contributed by atoms with van der Waals surface area (Å²) in [4.78, 5) is 15.0. The van der Waals surface area contributed by atoms with Crippen LogP contribution in [-0.4, -0.2) is 21.9 Å². The van der Waals surface area contributed by atoms with E-state index in [4.69, 9.17) is 0 Å². The van der Waals surface area contributed by atoms with Crippen LogP contribution in [0.25, 0.3) is 0 Å². The second kappa shape index (κ2) is 6.87. The third-order valence-electron chi connectivity index (χ3n) is 4.50. The fraction of sp³-hybridized carbons (Fsp3) is 0.389. The molecule has 1 aliphatic rings. The molecule has 1 amide bonds. The lowest BCUT2D eigenvalue weighted by Crippen LogP contribution is -2.35. The number of hydrogen-bond acceptors (Lipinski definition) is 1. The molecule has 0 unspecified atom stereocenters. The molecule has 0 aliphatic carbocycles. The van der Waals surface area contributed by atoms with Gasteiger partial charge in [-0.25, -0.2) is 4.39 Å². The number of likely N-dealkylation sites (tertiary alicyclic amines) is 1. The quantitative estimate of drug-likeness (QED) is 0.744. The highest BCUT2D eigenvalue weighted by atomic mass is 79.9. The van der Waals surface area contributed by atoms with E-state index in [0.29, 0.717) is 16.6 Å². The van der Waals surface area contributed by atoms with E-state index in [9.17, 15) is 9.18 Å². The van der Waals surface area contributed by atoms with E-state index >= 15 is 0 Å². The van der Waals surface area contributed by atoms with Gasteiger partial charge in [-0.3, -0.25) is 4.79 Å². The molecule has 0 bridgehead atoms. The molecule has 0 N–H and O–H groups in total. The molecule has 2 heterocycles. The summed E-state index contributed by atoms with van der Waals surface area (Å²) in [5.41, 5.74) is 1.53. The lowest BCUT2D eigenvalue weighted by molar-refractivity contribution is 0.0673. The predicted molar refractivity (Wildman–Crippen MR) is 91.8 cm³/mol. The van der Waals surface area contributed by atoms with Crippen molar-refractivity contribution in [2.45, 2.75) is 31.7 Å². The van der Waals surface area contributed by atoms with Gasteiger partial charge in [0.1, 0.15) is 5.82 Å². The van der Waals surface area contributed by atoms with Crippen LogP contribution in [0.5, 0.6) is 0 Å². The van der Waals surface area contributed by atoms with Crippen LogP contribution in [0.1, 0.15) is 47.8 Å². The van der Waals surface area contributed by atoms with E-state index in [1.807, 2.05) is 24.2 Å². The van der Waals surface area contributed by atoms with Crippen LogP contribution in [-0.2, 0) is 7.05 Å². The van der Waals surface area contributed by atoms with E-state index in [1.165, 1.54) is 12.1 Å². The average molecular weight is 379 g/mol. The molecule has 1 saturated heterocycles. The molecule has 3 rings (SSSR count). The largest absolute Gasteiger partial charge is 0.353 e. The highest BCUT2D eigenvalue weighted by Crippen LogP contribution is 2.32. The Morgan fingerprint density at radius 1 is 1.26 bits per heavy atom. The van der Waals surface area contributed by atoms with Gasteiger partial charge in [0, 0.05) is 30.0 Å². The maximum Gasteiger partial charge on any atom is 0.255 e. The molecule has 0 saturated carbocycles. The van der Waals surface area contributed by atoms with Gasteiger partial charge in [0.15, 0.2) is 0 Å². The van der Waals surface area contributed by atoms with Crippen LogP contribution in [0.3, 0.4) is 0 Å². The Morgan fingerprint density at radius 2 is 2.09 bits per heavy atom. The Bertz CT molecular complexity index is 713. The Morgan fingerprint density at radius 3 is 2.83 bits per heavy atom. The summed E-state index contributed by atoms with van der Waals surface area (Å²) in [6.45, 7) is 0.706. The number of aromatic nitrogens is 1. The number of carbonyl (C=O) groups excluding carboxylic acids is 1. The van der Waals surface area contributed by atoms with Gasteiger partial charge in [-0.15, -0.1) is 0 Å². The van der Waals surface area contributed by atoms with Crippen molar-refractivity contribution in [3.63, 3.8) is 0 Å². The summed E-state index contributed by atoms with van der Waals surface area (Å²) in [5.74, 6) is -0.494. The number of nitrogens with zero attached hydrogens (tertiary/aromatic N) is 2. The zero-order chi connectivity index (χ0) is 16.4. The molecule has 23 heavy (non-hydrogen) atoms. The molecule has 2 aromatic rings. The fourth-order valence-corrected chi connectivity index (χ4v) is 3.71. The second-order valence-corrected chi connectivity index (χ2v) is 6.89. The van der Waals surface area contributed by atoms with Crippen molar-refractivity contribution in [2.24, 2.45) is 7.05 Å². The van der Waals surface area contributed by atoms with E-state index in [-0.39, 0.29) is 17.8 Å². The summed E-state index contributed by atoms with van der Waals surface area (Å²) in [6, 6.07) is 8.38. The smallest absolute Gasteiger partial charge is 0.255 e. The SMILES string of the molecule is Cn1cccc1[C@H]1CCCCCN1C(=O)c1cc(F)ccc1Br. The molecule has 3 nitrogen and oxygen atoms in total. The first-order chi connectivity index (χ1) is 11.1. The Kier molecular flexibility index (Phi) is 4.85. The summed E-state index contributed by atoms with van der Waals surface area (Å²) in [6.07, 6.45) is 6.15. The zero-order valence-electron chi connectivity index (χ0n) is 13.1.